The lowest BCUT2D eigenvalue weighted by molar-refractivity contribution is -0.119. The Morgan fingerprint density at radius 1 is 1.43 bits per heavy atom. The standard InChI is InChI=1S/C16H16ClN3O2S/c1-9-5-6-10(17)7-13(9)18-14(21)8-23-16-19-12-4-2-3-11(12)15(22)20-16/h5-7,11H,2-4,8H2,1H3,(H,18,21). The van der Waals surface area contributed by atoms with Crippen LogP contribution in [0.1, 0.15) is 24.8 Å². The summed E-state index contributed by atoms with van der Waals surface area (Å²) in [5.41, 5.74) is 2.54. The molecule has 1 aromatic rings. The van der Waals surface area contributed by atoms with E-state index in [-0.39, 0.29) is 23.5 Å². The lowest BCUT2D eigenvalue weighted by atomic mass is 10.1. The summed E-state index contributed by atoms with van der Waals surface area (Å²) in [6, 6.07) is 5.34. The number of carbonyl (C=O) groups is 2. The van der Waals surface area contributed by atoms with Crippen LogP contribution >= 0.6 is 23.4 Å². The van der Waals surface area contributed by atoms with Crippen molar-refractivity contribution in [3.8, 4) is 0 Å². The van der Waals surface area contributed by atoms with Gasteiger partial charge in [-0.1, -0.05) is 29.4 Å². The van der Waals surface area contributed by atoms with Gasteiger partial charge in [-0.15, -0.1) is 0 Å². The molecule has 1 heterocycles. The Morgan fingerprint density at radius 3 is 3.09 bits per heavy atom. The Hall–Kier alpha value is -1.66. The van der Waals surface area contributed by atoms with Gasteiger partial charge in [0.25, 0.3) is 5.91 Å². The number of benzene rings is 1. The van der Waals surface area contributed by atoms with E-state index >= 15 is 0 Å². The maximum Gasteiger partial charge on any atom is 0.256 e. The fourth-order valence-electron chi connectivity index (χ4n) is 2.66. The topological polar surface area (TPSA) is 70.9 Å². The number of carbonyl (C=O) groups excluding carboxylic acids is 2. The Morgan fingerprint density at radius 2 is 2.26 bits per heavy atom. The van der Waals surface area contributed by atoms with Crippen LogP contribution in [-0.2, 0) is 9.59 Å². The maximum absolute atomic E-state index is 12.1. The van der Waals surface area contributed by atoms with Crippen molar-refractivity contribution in [1.29, 1.82) is 0 Å². The zero-order chi connectivity index (χ0) is 16.4. The molecule has 0 saturated heterocycles. The van der Waals surface area contributed by atoms with Crippen LogP contribution in [0.3, 0.4) is 0 Å². The number of nitrogens with zero attached hydrogens (tertiary/aromatic N) is 2. The first kappa shape index (κ1) is 16.2. The Bertz CT molecular complexity index is 730. The largest absolute Gasteiger partial charge is 0.325 e. The van der Waals surface area contributed by atoms with Gasteiger partial charge in [0.2, 0.25) is 5.91 Å². The predicted octanol–water partition coefficient (Wildman–Crippen LogP) is 3.46. The average molecular weight is 350 g/mol. The van der Waals surface area contributed by atoms with E-state index in [2.05, 4.69) is 15.3 Å². The van der Waals surface area contributed by atoms with Crippen LogP contribution in [0, 0.1) is 12.8 Å². The molecule has 23 heavy (non-hydrogen) atoms. The molecule has 3 rings (SSSR count). The minimum atomic E-state index is -0.177. The fraction of sp³-hybridized carbons (Fsp3) is 0.375. The van der Waals surface area contributed by atoms with Crippen molar-refractivity contribution in [2.75, 3.05) is 11.1 Å². The molecule has 1 aliphatic carbocycles. The third-order valence-corrected chi connectivity index (χ3v) is 4.96. The van der Waals surface area contributed by atoms with Gasteiger partial charge in [0.1, 0.15) is 0 Å². The minimum absolute atomic E-state index is 0.123. The van der Waals surface area contributed by atoms with E-state index in [4.69, 9.17) is 11.6 Å². The number of thioether (sulfide) groups is 1. The molecule has 120 valence electrons. The summed E-state index contributed by atoms with van der Waals surface area (Å²) in [5, 5.41) is 3.77. The molecule has 1 fully saturated rings. The van der Waals surface area contributed by atoms with Crippen molar-refractivity contribution in [3.05, 3.63) is 28.8 Å². The molecule has 1 unspecified atom stereocenters. The van der Waals surface area contributed by atoms with E-state index in [1.807, 2.05) is 13.0 Å². The predicted molar refractivity (Wildman–Crippen MR) is 94.5 cm³/mol. The fourth-order valence-corrected chi connectivity index (χ4v) is 3.50. The number of amidine groups is 1. The molecule has 1 saturated carbocycles. The molecule has 1 aromatic carbocycles. The molecule has 0 spiro atoms. The molecule has 2 amide bonds. The molecule has 2 aliphatic rings. The highest BCUT2D eigenvalue weighted by molar-refractivity contribution is 8.14. The van der Waals surface area contributed by atoms with Crippen molar-refractivity contribution in [2.24, 2.45) is 15.9 Å². The van der Waals surface area contributed by atoms with E-state index in [1.165, 1.54) is 11.8 Å². The van der Waals surface area contributed by atoms with Crippen LogP contribution in [-0.4, -0.2) is 28.4 Å². The molecular formula is C16H16ClN3O2S. The monoisotopic (exact) mass is 349 g/mol. The van der Waals surface area contributed by atoms with E-state index in [1.54, 1.807) is 12.1 Å². The lowest BCUT2D eigenvalue weighted by Crippen LogP contribution is -2.24. The van der Waals surface area contributed by atoms with Crippen LogP contribution in [0.15, 0.2) is 28.2 Å². The highest BCUT2D eigenvalue weighted by Gasteiger charge is 2.32. The molecular weight excluding hydrogens is 334 g/mol. The zero-order valence-electron chi connectivity index (χ0n) is 12.6. The number of amides is 2. The smallest absolute Gasteiger partial charge is 0.256 e. The third-order valence-electron chi connectivity index (χ3n) is 3.88. The van der Waals surface area contributed by atoms with E-state index in [9.17, 15) is 9.59 Å². The summed E-state index contributed by atoms with van der Waals surface area (Å²) < 4.78 is 0. The molecule has 5 nitrogen and oxygen atoms in total. The van der Waals surface area contributed by atoms with Crippen LogP contribution in [0.25, 0.3) is 0 Å². The third kappa shape index (κ3) is 3.82. The number of anilines is 1. The number of fused-ring (bicyclic) bond motifs is 1. The molecule has 0 bridgehead atoms. The van der Waals surface area contributed by atoms with Crippen molar-refractivity contribution in [3.63, 3.8) is 0 Å². The second-order valence-corrected chi connectivity index (χ2v) is 6.96. The summed E-state index contributed by atoms with van der Waals surface area (Å²) in [7, 11) is 0. The Kier molecular flexibility index (Phi) is 4.82. The van der Waals surface area contributed by atoms with Crippen LogP contribution in [0.5, 0.6) is 0 Å². The zero-order valence-corrected chi connectivity index (χ0v) is 14.2. The number of halogens is 1. The highest BCUT2D eigenvalue weighted by atomic mass is 35.5. The van der Waals surface area contributed by atoms with Gasteiger partial charge < -0.3 is 5.32 Å². The number of hydrogen-bond acceptors (Lipinski definition) is 4. The maximum atomic E-state index is 12.1. The Balaban J connectivity index is 1.59. The van der Waals surface area contributed by atoms with Gasteiger partial charge in [-0.05, 0) is 43.9 Å². The highest BCUT2D eigenvalue weighted by Crippen LogP contribution is 2.28. The first-order chi connectivity index (χ1) is 11.0. The van der Waals surface area contributed by atoms with Gasteiger partial charge in [-0.25, -0.2) is 4.99 Å². The first-order valence-corrected chi connectivity index (χ1v) is 8.78. The quantitative estimate of drug-likeness (QED) is 0.908. The lowest BCUT2D eigenvalue weighted by Gasteiger charge is -2.13. The summed E-state index contributed by atoms with van der Waals surface area (Å²) in [5.74, 6) is -0.271. The van der Waals surface area contributed by atoms with Gasteiger partial charge in [0.05, 0.1) is 11.7 Å². The molecule has 1 aliphatic heterocycles. The summed E-state index contributed by atoms with van der Waals surface area (Å²) in [6.07, 6.45) is 2.68. The minimum Gasteiger partial charge on any atom is -0.325 e. The van der Waals surface area contributed by atoms with Crippen molar-refractivity contribution in [2.45, 2.75) is 26.2 Å². The second kappa shape index (κ2) is 6.84. The van der Waals surface area contributed by atoms with Crippen molar-refractivity contribution < 1.29 is 9.59 Å². The SMILES string of the molecule is Cc1ccc(Cl)cc1NC(=O)CSC1=NC(=O)C2CCCC2=N1. The molecule has 1 atom stereocenters. The number of aliphatic imine (C=N–C) groups is 2. The number of rotatable bonds is 3. The van der Waals surface area contributed by atoms with Gasteiger partial charge in [-0.2, -0.15) is 4.99 Å². The van der Waals surface area contributed by atoms with Gasteiger partial charge >= 0.3 is 0 Å². The number of nitrogens with one attached hydrogen (secondary N) is 1. The van der Waals surface area contributed by atoms with E-state index in [0.717, 1.165) is 30.5 Å². The van der Waals surface area contributed by atoms with Gasteiger partial charge in [-0.3, -0.25) is 9.59 Å². The first-order valence-electron chi connectivity index (χ1n) is 7.42. The van der Waals surface area contributed by atoms with Crippen molar-refractivity contribution >= 4 is 51.7 Å². The number of aryl methyl sites for hydroxylation is 1. The summed E-state index contributed by atoms with van der Waals surface area (Å²) >= 11 is 7.12. The van der Waals surface area contributed by atoms with E-state index in [0.29, 0.717) is 15.9 Å². The number of hydrogen-bond donors (Lipinski definition) is 1. The van der Waals surface area contributed by atoms with Gasteiger partial charge in [0.15, 0.2) is 5.17 Å². The normalized spacial score (nSPS) is 19.9. The molecule has 1 N–H and O–H groups in total. The summed E-state index contributed by atoms with van der Waals surface area (Å²) in [6.45, 7) is 1.90. The van der Waals surface area contributed by atoms with E-state index < -0.39 is 0 Å². The van der Waals surface area contributed by atoms with Crippen LogP contribution in [0.2, 0.25) is 5.02 Å². The summed E-state index contributed by atoms with van der Waals surface area (Å²) in [4.78, 5) is 32.4. The Labute approximate surface area is 143 Å². The molecule has 7 heteroatoms. The van der Waals surface area contributed by atoms with Gasteiger partial charge in [0, 0.05) is 16.4 Å². The van der Waals surface area contributed by atoms with Crippen LogP contribution in [0.4, 0.5) is 5.69 Å². The van der Waals surface area contributed by atoms with Crippen molar-refractivity contribution in [1.82, 2.24) is 0 Å². The van der Waals surface area contributed by atoms with Crippen LogP contribution < -0.4 is 5.32 Å². The molecule has 0 radical (unpaired) electrons. The average Bonchev–Trinajstić information content (AvgIpc) is 2.98. The molecule has 0 aromatic heterocycles. The second-order valence-electron chi connectivity index (χ2n) is 5.58.